The van der Waals surface area contributed by atoms with Crippen LogP contribution in [0.1, 0.15) is 51.3 Å². The first kappa shape index (κ1) is 23.1. The van der Waals surface area contributed by atoms with E-state index in [0.29, 0.717) is 0 Å². The molecule has 1 aromatic carbocycles. The lowest BCUT2D eigenvalue weighted by Crippen LogP contribution is -2.27. The quantitative estimate of drug-likeness (QED) is 0.553. The van der Waals surface area contributed by atoms with Crippen LogP contribution in [0.4, 0.5) is 0 Å². The molecule has 0 bridgehead atoms. The molecule has 0 aliphatic heterocycles. The highest BCUT2D eigenvalue weighted by Crippen LogP contribution is 2.37. The van der Waals surface area contributed by atoms with Gasteiger partial charge in [0.15, 0.2) is 0 Å². The van der Waals surface area contributed by atoms with E-state index in [2.05, 4.69) is 56.9 Å². The third-order valence-corrected chi connectivity index (χ3v) is 6.16. The van der Waals surface area contributed by atoms with E-state index in [9.17, 15) is 4.79 Å². The lowest BCUT2D eigenvalue weighted by atomic mass is 9.96. The van der Waals surface area contributed by atoms with Crippen molar-refractivity contribution in [1.29, 1.82) is 0 Å². The summed E-state index contributed by atoms with van der Waals surface area (Å²) < 4.78 is 0. The van der Waals surface area contributed by atoms with Crippen LogP contribution >= 0.6 is 0 Å². The van der Waals surface area contributed by atoms with E-state index in [1.54, 1.807) is 38.0 Å². The molecular formula is C22H35NOSi. The Hall–Kier alpha value is -1.87. The maximum Gasteiger partial charge on any atom is 0.222 e. The van der Waals surface area contributed by atoms with Crippen molar-refractivity contribution in [2.75, 3.05) is 0 Å². The summed E-state index contributed by atoms with van der Waals surface area (Å²) in [6, 6.07) is 8.82. The van der Waals surface area contributed by atoms with Crippen molar-refractivity contribution in [2.24, 2.45) is 11.1 Å². The fourth-order valence-electron chi connectivity index (χ4n) is 2.53. The number of amides is 1. The number of carbonyl (C=O) groups excluding carboxylic acids is 1. The maximum absolute atomic E-state index is 10.2. The number of carbonyl (C=O) groups is 1. The van der Waals surface area contributed by atoms with Gasteiger partial charge >= 0.3 is 0 Å². The Labute approximate surface area is 156 Å². The second kappa shape index (κ2) is 10.9. The zero-order valence-electron chi connectivity index (χ0n) is 17.0. The summed E-state index contributed by atoms with van der Waals surface area (Å²) in [5.41, 5.74) is 9.95. The number of fused-ring (bicyclic) bond motifs is 1. The normalized spacial score (nSPS) is 15.5. The van der Waals surface area contributed by atoms with Crippen LogP contribution in [-0.2, 0) is 4.79 Å². The first-order chi connectivity index (χ1) is 11.6. The maximum atomic E-state index is 10.2. The molecule has 1 aliphatic rings. The summed E-state index contributed by atoms with van der Waals surface area (Å²) in [6.07, 6.45) is 7.93. The van der Waals surface area contributed by atoms with Gasteiger partial charge in [-0.25, -0.2) is 0 Å². The van der Waals surface area contributed by atoms with Crippen molar-refractivity contribution in [3.8, 4) is 0 Å². The van der Waals surface area contributed by atoms with Gasteiger partial charge in [0, 0.05) is 14.2 Å². The van der Waals surface area contributed by atoms with Crippen LogP contribution in [0, 0.1) is 5.41 Å². The van der Waals surface area contributed by atoms with Gasteiger partial charge in [-0.15, -0.1) is 0 Å². The third kappa shape index (κ3) is 8.17. The van der Waals surface area contributed by atoms with Crippen LogP contribution in [-0.4, -0.2) is 14.7 Å². The summed E-state index contributed by atoms with van der Waals surface area (Å²) in [4.78, 5) is 10.2. The molecule has 1 amide bonds. The van der Waals surface area contributed by atoms with Crippen molar-refractivity contribution in [3.05, 3.63) is 65.8 Å². The highest BCUT2D eigenvalue weighted by Gasteiger charge is 2.24. The van der Waals surface area contributed by atoms with Crippen molar-refractivity contribution < 1.29 is 4.79 Å². The Balaban J connectivity index is 0.000000408. The molecule has 25 heavy (non-hydrogen) atoms. The molecule has 138 valence electrons. The van der Waals surface area contributed by atoms with E-state index in [1.165, 1.54) is 5.56 Å². The van der Waals surface area contributed by atoms with Gasteiger partial charge in [-0.05, 0) is 30.5 Å². The predicted molar refractivity (Wildman–Crippen MR) is 115 cm³/mol. The second-order valence-electron chi connectivity index (χ2n) is 7.61. The van der Waals surface area contributed by atoms with Crippen molar-refractivity contribution in [3.63, 3.8) is 0 Å². The molecule has 0 radical (unpaired) electrons. The average Bonchev–Trinajstić information content (AvgIpc) is 2.84. The Bertz CT molecular complexity index is 621. The highest BCUT2D eigenvalue weighted by atomic mass is 28.3. The highest BCUT2D eigenvalue weighted by molar-refractivity contribution is 6.58. The Morgan fingerprint density at radius 3 is 2.12 bits per heavy atom. The monoisotopic (exact) mass is 357 g/mol. The summed E-state index contributed by atoms with van der Waals surface area (Å²) in [6.45, 7) is 17.9. The Kier molecular flexibility index (Phi) is 10.1. The Morgan fingerprint density at radius 1 is 1.24 bits per heavy atom. The van der Waals surface area contributed by atoms with Crippen LogP contribution in [0.15, 0.2) is 54.6 Å². The number of allylic oxidation sites excluding steroid dienone is 4. The van der Waals surface area contributed by atoms with Gasteiger partial charge in [0.25, 0.3) is 0 Å². The molecule has 2 N–H and O–H groups in total. The van der Waals surface area contributed by atoms with Gasteiger partial charge < -0.3 is 5.73 Å². The van der Waals surface area contributed by atoms with Crippen LogP contribution in [0.3, 0.4) is 0 Å². The van der Waals surface area contributed by atoms with Crippen LogP contribution < -0.4 is 5.73 Å². The first-order valence-corrected chi connectivity index (χ1v) is 11.8. The van der Waals surface area contributed by atoms with E-state index in [0.717, 1.165) is 5.54 Å². The van der Waals surface area contributed by atoms with Gasteiger partial charge in [-0.3, -0.25) is 4.79 Å². The van der Waals surface area contributed by atoms with Gasteiger partial charge in [0.1, 0.15) is 0 Å². The number of hydrogen-bond donors (Lipinski definition) is 1. The third-order valence-electron chi connectivity index (χ3n) is 3.94. The molecule has 0 aromatic heterocycles. The van der Waals surface area contributed by atoms with E-state index in [4.69, 9.17) is 5.73 Å². The molecule has 1 unspecified atom stereocenters. The zero-order valence-corrected chi connectivity index (χ0v) is 18.1. The minimum atomic E-state index is -0.586. The molecule has 0 heterocycles. The van der Waals surface area contributed by atoms with Crippen LogP contribution in [0.25, 0.3) is 6.08 Å². The predicted octanol–water partition coefficient (Wildman–Crippen LogP) is 5.48. The molecule has 0 saturated carbocycles. The zero-order chi connectivity index (χ0) is 19.6. The standard InChI is InChI=1S/C12H16Si.C5H11NO.C5H8/c1-9-8-10-6-4-5-7-11(10)12(9)13(2)3;1-5(2,3)4(6)7;1-3-5-4-2/h4-8,12-13H,1-3H3;1-3H3,(H2,6,7);3-5H,1H2,2H3. The van der Waals surface area contributed by atoms with Gasteiger partial charge in [-0.1, -0.05) is 94.6 Å². The molecule has 0 spiro atoms. The van der Waals surface area contributed by atoms with E-state index < -0.39 is 8.80 Å². The SMILES string of the molecule is C=CC=CC.CC(C)(C)C(N)=O.CC1=Cc2ccccc2C1[SiH](C)C. The molecule has 1 atom stereocenters. The topological polar surface area (TPSA) is 43.1 Å². The number of hydrogen-bond acceptors (Lipinski definition) is 1. The van der Waals surface area contributed by atoms with Gasteiger partial charge in [0.2, 0.25) is 5.91 Å². The van der Waals surface area contributed by atoms with Crippen molar-refractivity contribution in [2.45, 2.75) is 53.3 Å². The molecular weight excluding hydrogens is 322 g/mol. The fraction of sp³-hybridized carbons (Fsp3) is 0.409. The van der Waals surface area contributed by atoms with Crippen molar-refractivity contribution in [1.82, 2.24) is 0 Å². The molecule has 1 aromatic rings. The van der Waals surface area contributed by atoms with Gasteiger partial charge in [-0.2, -0.15) is 0 Å². The minimum Gasteiger partial charge on any atom is -0.369 e. The smallest absolute Gasteiger partial charge is 0.222 e. The summed E-state index contributed by atoms with van der Waals surface area (Å²) >= 11 is 0. The van der Waals surface area contributed by atoms with E-state index in [-0.39, 0.29) is 11.3 Å². The number of benzene rings is 1. The minimum absolute atomic E-state index is 0.257. The molecule has 1 aliphatic carbocycles. The van der Waals surface area contributed by atoms with Crippen LogP contribution in [0.2, 0.25) is 13.1 Å². The number of nitrogens with two attached hydrogens (primary N) is 1. The van der Waals surface area contributed by atoms with E-state index in [1.807, 2.05) is 19.1 Å². The van der Waals surface area contributed by atoms with Crippen LogP contribution in [0.5, 0.6) is 0 Å². The van der Waals surface area contributed by atoms with Gasteiger partial charge in [0.05, 0.1) is 0 Å². The first-order valence-electron chi connectivity index (χ1n) is 8.87. The summed E-state index contributed by atoms with van der Waals surface area (Å²) in [7, 11) is -0.586. The lowest BCUT2D eigenvalue weighted by molar-refractivity contribution is -0.125. The van der Waals surface area contributed by atoms with Crippen molar-refractivity contribution >= 4 is 20.8 Å². The van der Waals surface area contributed by atoms with E-state index >= 15 is 0 Å². The molecule has 3 heteroatoms. The summed E-state index contributed by atoms with van der Waals surface area (Å²) in [5, 5.41) is 0. The Morgan fingerprint density at radius 2 is 1.76 bits per heavy atom. The largest absolute Gasteiger partial charge is 0.369 e. The molecule has 2 nitrogen and oxygen atoms in total. The molecule has 2 rings (SSSR count). The summed E-state index contributed by atoms with van der Waals surface area (Å²) in [5.74, 6) is -0.257. The number of rotatable bonds is 2. The average molecular weight is 358 g/mol. The lowest BCUT2D eigenvalue weighted by Gasteiger charge is -2.17. The second-order valence-corrected chi connectivity index (χ2v) is 10.8. The fourth-order valence-corrected chi connectivity index (χ4v) is 4.70. The molecule has 0 saturated heterocycles. The molecule has 0 fully saturated rings. The number of primary amides is 1.